The molecular weight excluding hydrogens is 364 g/mol. The van der Waals surface area contributed by atoms with Crippen LogP contribution in [-0.4, -0.2) is 27.5 Å². The van der Waals surface area contributed by atoms with Crippen molar-refractivity contribution in [3.8, 4) is 5.75 Å². The van der Waals surface area contributed by atoms with Crippen LogP contribution in [0.3, 0.4) is 0 Å². The summed E-state index contributed by atoms with van der Waals surface area (Å²) in [4.78, 5) is 12.7. The second-order valence-electron chi connectivity index (χ2n) is 6.52. The number of hydrogen-bond acceptors (Lipinski definition) is 4. The first-order chi connectivity index (χ1) is 12.7. The molecule has 0 aromatic heterocycles. The van der Waals surface area contributed by atoms with Gasteiger partial charge in [-0.05, 0) is 62.6 Å². The van der Waals surface area contributed by atoms with E-state index in [1.807, 2.05) is 13.8 Å². The maximum absolute atomic E-state index is 13.0. The van der Waals surface area contributed by atoms with Crippen LogP contribution in [0.25, 0.3) is 0 Å². The van der Waals surface area contributed by atoms with E-state index in [1.165, 1.54) is 7.11 Å². The maximum atomic E-state index is 13.0. The lowest BCUT2D eigenvalue weighted by Crippen LogP contribution is -2.32. The molecule has 0 heterocycles. The van der Waals surface area contributed by atoms with Crippen LogP contribution in [-0.2, 0) is 10.0 Å². The fourth-order valence-electron chi connectivity index (χ4n) is 2.82. The Bertz CT molecular complexity index is 916. The number of amides is 1. The summed E-state index contributed by atoms with van der Waals surface area (Å²) in [5, 5.41) is 2.86. The highest BCUT2D eigenvalue weighted by atomic mass is 32.2. The number of carbonyl (C=O) groups excluding carboxylic acids is 1. The van der Waals surface area contributed by atoms with E-state index in [2.05, 4.69) is 10.0 Å². The summed E-state index contributed by atoms with van der Waals surface area (Å²) >= 11 is 0. The molecule has 0 saturated heterocycles. The van der Waals surface area contributed by atoms with E-state index in [0.717, 1.165) is 6.42 Å². The molecule has 2 aromatic rings. The number of methoxy groups -OCH3 is 1. The van der Waals surface area contributed by atoms with Crippen LogP contribution in [0.1, 0.15) is 41.8 Å². The van der Waals surface area contributed by atoms with E-state index in [-0.39, 0.29) is 28.1 Å². The number of carbonyl (C=O) groups is 1. The van der Waals surface area contributed by atoms with Gasteiger partial charge in [-0.25, -0.2) is 8.42 Å². The quantitative estimate of drug-likeness (QED) is 0.756. The van der Waals surface area contributed by atoms with E-state index < -0.39 is 10.0 Å². The summed E-state index contributed by atoms with van der Waals surface area (Å²) in [5.74, 6) is 0.281. The lowest BCUT2D eigenvalue weighted by Gasteiger charge is -2.17. The molecule has 1 unspecified atom stereocenters. The summed E-state index contributed by atoms with van der Waals surface area (Å²) in [5.41, 5.74) is 1.67. The second-order valence-corrected chi connectivity index (χ2v) is 8.14. The average Bonchev–Trinajstić information content (AvgIpc) is 2.60. The van der Waals surface area contributed by atoms with Crippen LogP contribution in [0, 0.1) is 13.8 Å². The molecule has 7 heteroatoms. The van der Waals surface area contributed by atoms with Crippen LogP contribution in [0.4, 0.5) is 5.69 Å². The minimum Gasteiger partial charge on any atom is -0.497 e. The molecule has 1 amide bonds. The Morgan fingerprint density at radius 3 is 2.30 bits per heavy atom. The molecule has 0 aliphatic heterocycles. The summed E-state index contributed by atoms with van der Waals surface area (Å²) < 4.78 is 33.8. The molecule has 27 heavy (non-hydrogen) atoms. The fraction of sp³-hybridized carbons (Fsp3) is 0.350. The number of benzene rings is 2. The summed E-state index contributed by atoms with van der Waals surface area (Å²) in [7, 11) is -2.34. The highest BCUT2D eigenvalue weighted by Gasteiger charge is 2.23. The van der Waals surface area contributed by atoms with E-state index in [4.69, 9.17) is 4.74 Å². The van der Waals surface area contributed by atoms with Crippen molar-refractivity contribution >= 4 is 21.6 Å². The van der Waals surface area contributed by atoms with Crippen molar-refractivity contribution in [2.45, 2.75) is 45.1 Å². The van der Waals surface area contributed by atoms with Gasteiger partial charge in [-0.3, -0.25) is 9.52 Å². The maximum Gasteiger partial charge on any atom is 0.262 e. The molecule has 2 rings (SSSR count). The number of para-hydroxylation sites is 1. The van der Waals surface area contributed by atoms with Gasteiger partial charge in [0, 0.05) is 6.04 Å². The van der Waals surface area contributed by atoms with E-state index >= 15 is 0 Å². The van der Waals surface area contributed by atoms with Crippen molar-refractivity contribution in [3.63, 3.8) is 0 Å². The van der Waals surface area contributed by atoms with Crippen LogP contribution < -0.4 is 14.8 Å². The SMILES string of the molecule is CCC(C)NC(=O)c1ccccc1NS(=O)(=O)c1c(C)cc(OC)cc1C. The highest BCUT2D eigenvalue weighted by Crippen LogP contribution is 2.28. The van der Waals surface area contributed by atoms with Crippen molar-refractivity contribution < 1.29 is 17.9 Å². The number of ether oxygens (including phenoxy) is 1. The molecule has 2 aromatic carbocycles. The highest BCUT2D eigenvalue weighted by molar-refractivity contribution is 7.92. The van der Waals surface area contributed by atoms with E-state index in [1.54, 1.807) is 50.2 Å². The molecule has 0 spiro atoms. The monoisotopic (exact) mass is 390 g/mol. The Hall–Kier alpha value is -2.54. The van der Waals surface area contributed by atoms with Crippen LogP contribution in [0.15, 0.2) is 41.3 Å². The lowest BCUT2D eigenvalue weighted by molar-refractivity contribution is 0.0940. The summed E-state index contributed by atoms with van der Waals surface area (Å²) in [6.45, 7) is 7.29. The second kappa shape index (κ2) is 8.43. The number of aryl methyl sites for hydroxylation is 2. The molecule has 0 bridgehead atoms. The van der Waals surface area contributed by atoms with Gasteiger partial charge < -0.3 is 10.1 Å². The van der Waals surface area contributed by atoms with Crippen molar-refractivity contribution in [3.05, 3.63) is 53.1 Å². The predicted octanol–water partition coefficient (Wildman–Crippen LogP) is 3.64. The molecule has 2 N–H and O–H groups in total. The topological polar surface area (TPSA) is 84.5 Å². The molecule has 0 aliphatic carbocycles. The minimum atomic E-state index is -3.88. The third-order valence-corrected chi connectivity index (χ3v) is 6.01. The normalized spacial score (nSPS) is 12.3. The molecule has 0 radical (unpaired) electrons. The molecule has 0 saturated carbocycles. The average molecular weight is 391 g/mol. The molecule has 0 fully saturated rings. The number of hydrogen-bond donors (Lipinski definition) is 2. The first kappa shape index (κ1) is 20.8. The van der Waals surface area contributed by atoms with Crippen molar-refractivity contribution in [2.75, 3.05) is 11.8 Å². The molecule has 0 aliphatic rings. The number of sulfonamides is 1. The lowest BCUT2D eigenvalue weighted by atomic mass is 10.1. The Morgan fingerprint density at radius 1 is 1.15 bits per heavy atom. The van der Waals surface area contributed by atoms with E-state index in [0.29, 0.717) is 16.9 Å². The number of anilines is 1. The number of rotatable bonds is 7. The number of nitrogens with one attached hydrogen (secondary N) is 2. The zero-order valence-electron chi connectivity index (χ0n) is 16.3. The summed E-state index contributed by atoms with van der Waals surface area (Å²) in [6.07, 6.45) is 0.782. The van der Waals surface area contributed by atoms with E-state index in [9.17, 15) is 13.2 Å². The molecule has 146 valence electrons. The summed E-state index contributed by atoms with van der Waals surface area (Å²) in [6, 6.07) is 9.90. The standard InChI is InChI=1S/C20H26N2O4S/c1-6-15(4)21-20(23)17-9-7-8-10-18(17)22-27(24,25)19-13(2)11-16(26-5)12-14(19)3/h7-12,15,22H,6H2,1-5H3,(H,21,23). The Labute approximate surface area is 161 Å². The minimum absolute atomic E-state index is 0.00626. The van der Waals surface area contributed by atoms with Gasteiger partial charge in [0.25, 0.3) is 15.9 Å². The van der Waals surface area contributed by atoms with Gasteiger partial charge in [0.2, 0.25) is 0 Å². The van der Waals surface area contributed by atoms with Gasteiger partial charge in [-0.1, -0.05) is 19.1 Å². The zero-order chi connectivity index (χ0) is 20.2. The first-order valence-corrected chi connectivity index (χ1v) is 10.3. The van der Waals surface area contributed by atoms with Gasteiger partial charge in [-0.2, -0.15) is 0 Å². The Morgan fingerprint density at radius 2 is 1.74 bits per heavy atom. The van der Waals surface area contributed by atoms with Gasteiger partial charge in [0.05, 0.1) is 23.3 Å². The first-order valence-electron chi connectivity index (χ1n) is 8.77. The van der Waals surface area contributed by atoms with Crippen LogP contribution in [0.5, 0.6) is 5.75 Å². The molecule has 6 nitrogen and oxygen atoms in total. The van der Waals surface area contributed by atoms with Crippen LogP contribution in [0.2, 0.25) is 0 Å². The Kier molecular flexibility index (Phi) is 6.49. The third-order valence-electron chi connectivity index (χ3n) is 4.34. The smallest absolute Gasteiger partial charge is 0.262 e. The van der Waals surface area contributed by atoms with Crippen molar-refractivity contribution in [1.82, 2.24) is 5.32 Å². The van der Waals surface area contributed by atoms with Gasteiger partial charge in [0.15, 0.2) is 0 Å². The third kappa shape index (κ3) is 4.80. The van der Waals surface area contributed by atoms with Crippen LogP contribution >= 0.6 is 0 Å². The van der Waals surface area contributed by atoms with Gasteiger partial charge >= 0.3 is 0 Å². The van der Waals surface area contributed by atoms with Gasteiger partial charge in [0.1, 0.15) is 5.75 Å². The fourth-order valence-corrected chi connectivity index (χ4v) is 4.36. The molecule has 1 atom stereocenters. The van der Waals surface area contributed by atoms with Crippen molar-refractivity contribution in [2.24, 2.45) is 0 Å². The van der Waals surface area contributed by atoms with Crippen molar-refractivity contribution in [1.29, 1.82) is 0 Å². The molecular formula is C20H26N2O4S. The largest absolute Gasteiger partial charge is 0.497 e. The zero-order valence-corrected chi connectivity index (χ0v) is 17.1. The Balaban J connectivity index is 2.41. The predicted molar refractivity (Wildman–Crippen MR) is 107 cm³/mol. The van der Waals surface area contributed by atoms with Gasteiger partial charge in [-0.15, -0.1) is 0 Å².